The maximum Gasteiger partial charge on any atom is 0.272 e. The smallest absolute Gasteiger partial charge is 0.272 e. The highest BCUT2D eigenvalue weighted by Crippen LogP contribution is 2.38. The highest BCUT2D eigenvalue weighted by Gasteiger charge is 2.30. The lowest BCUT2D eigenvalue weighted by Crippen LogP contribution is -2.41. The third kappa shape index (κ3) is 7.71. The fourth-order valence-electron chi connectivity index (χ4n) is 5.37. The lowest BCUT2D eigenvalue weighted by atomic mass is 10.0. The molecule has 1 aromatic heterocycles. The molecule has 1 aliphatic rings. The van der Waals surface area contributed by atoms with Crippen LogP contribution in [0, 0.1) is 0 Å². The molecule has 240 valence electrons. The molecule has 12 heteroatoms. The van der Waals surface area contributed by atoms with Gasteiger partial charge in [0, 0.05) is 49.6 Å². The van der Waals surface area contributed by atoms with Crippen LogP contribution >= 0.6 is 11.3 Å². The zero-order chi connectivity index (χ0) is 32.8. The monoisotopic (exact) mass is 659 g/mol. The van der Waals surface area contributed by atoms with Crippen molar-refractivity contribution in [3.8, 4) is 0 Å². The first-order valence-electron chi connectivity index (χ1n) is 15.0. The van der Waals surface area contributed by atoms with Crippen LogP contribution in [0.2, 0.25) is 0 Å². The topological polar surface area (TPSA) is 128 Å². The Morgan fingerprint density at radius 3 is 2.11 bits per heavy atom. The van der Waals surface area contributed by atoms with Crippen molar-refractivity contribution in [3.05, 3.63) is 118 Å². The van der Waals surface area contributed by atoms with Crippen molar-refractivity contribution in [2.24, 2.45) is 0 Å². The molecule has 2 heterocycles. The molecule has 0 aliphatic carbocycles. The van der Waals surface area contributed by atoms with Crippen LogP contribution in [-0.4, -0.2) is 47.9 Å². The molecule has 0 atom stereocenters. The number of hydrazine groups is 1. The minimum absolute atomic E-state index is 0.0779. The number of nitrogens with one attached hydrogen (secondary N) is 3. The number of thiophene rings is 1. The highest BCUT2D eigenvalue weighted by molar-refractivity contribution is 7.89. The standard InChI is InChI=1S/C34H37N5O5S2/c1-23(2)39(21-26-12-8-5-9-13-26)46(43,44)28-16-14-27(15-17-28)32(41)35-34-31(33(42)37-36-24(3)40)29-18-19-38(22-30(29)45-34)20-25-10-6-4-7-11-25/h4-17,23H,18-22H2,1-3H3,(H,35,41)(H,36,40)(H,37,42). The van der Waals surface area contributed by atoms with Gasteiger partial charge in [-0.3, -0.25) is 30.1 Å². The van der Waals surface area contributed by atoms with Gasteiger partial charge in [0.25, 0.3) is 11.8 Å². The summed E-state index contributed by atoms with van der Waals surface area (Å²) in [6.07, 6.45) is 0.596. The van der Waals surface area contributed by atoms with Crippen molar-refractivity contribution in [3.63, 3.8) is 0 Å². The molecule has 46 heavy (non-hydrogen) atoms. The summed E-state index contributed by atoms with van der Waals surface area (Å²) < 4.78 is 28.6. The molecule has 0 radical (unpaired) electrons. The van der Waals surface area contributed by atoms with Gasteiger partial charge >= 0.3 is 0 Å². The van der Waals surface area contributed by atoms with Gasteiger partial charge in [0.15, 0.2) is 0 Å². The number of sulfonamides is 1. The molecule has 0 saturated heterocycles. The van der Waals surface area contributed by atoms with Gasteiger partial charge in [0.1, 0.15) is 5.00 Å². The molecule has 10 nitrogen and oxygen atoms in total. The molecule has 0 unspecified atom stereocenters. The van der Waals surface area contributed by atoms with E-state index in [1.54, 1.807) is 0 Å². The molecule has 4 aromatic rings. The fraction of sp³-hybridized carbons (Fsp3) is 0.265. The Labute approximate surface area is 273 Å². The largest absolute Gasteiger partial charge is 0.313 e. The first-order valence-corrected chi connectivity index (χ1v) is 17.2. The number of hydrogen-bond donors (Lipinski definition) is 3. The third-order valence-corrected chi connectivity index (χ3v) is 10.8. The quantitative estimate of drug-likeness (QED) is 0.207. The number of nitrogens with zero attached hydrogens (tertiary/aromatic N) is 2. The molecule has 5 rings (SSSR count). The van der Waals surface area contributed by atoms with Gasteiger partial charge in [-0.25, -0.2) is 8.42 Å². The Hall–Kier alpha value is -4.36. The summed E-state index contributed by atoms with van der Waals surface area (Å²) in [5.41, 5.74) is 8.20. The van der Waals surface area contributed by atoms with Gasteiger partial charge in [0.05, 0.1) is 10.5 Å². The number of carbonyl (C=O) groups is 3. The molecular formula is C34H37N5O5S2. The maximum atomic E-state index is 13.6. The van der Waals surface area contributed by atoms with Crippen molar-refractivity contribution in [2.45, 2.75) is 57.8 Å². The van der Waals surface area contributed by atoms with Gasteiger partial charge in [-0.1, -0.05) is 60.7 Å². The Morgan fingerprint density at radius 1 is 0.870 bits per heavy atom. The molecular weight excluding hydrogens is 623 g/mol. The zero-order valence-electron chi connectivity index (χ0n) is 25.9. The van der Waals surface area contributed by atoms with E-state index in [9.17, 15) is 22.8 Å². The van der Waals surface area contributed by atoms with E-state index < -0.39 is 27.7 Å². The normalized spacial score (nSPS) is 13.3. The van der Waals surface area contributed by atoms with Crippen LogP contribution in [0.3, 0.4) is 0 Å². The first kappa shape index (κ1) is 33.0. The van der Waals surface area contributed by atoms with E-state index >= 15 is 0 Å². The van der Waals surface area contributed by atoms with E-state index in [2.05, 4.69) is 33.2 Å². The second-order valence-corrected chi connectivity index (χ2v) is 14.4. The molecule has 0 bridgehead atoms. The molecule has 0 spiro atoms. The van der Waals surface area contributed by atoms with Crippen LogP contribution in [0.15, 0.2) is 89.8 Å². The van der Waals surface area contributed by atoms with Crippen molar-refractivity contribution in [1.29, 1.82) is 0 Å². The first-order chi connectivity index (χ1) is 22.0. The fourth-order valence-corrected chi connectivity index (χ4v) is 8.27. The van der Waals surface area contributed by atoms with E-state index in [1.165, 1.54) is 52.4 Å². The van der Waals surface area contributed by atoms with Gasteiger partial charge in [0.2, 0.25) is 15.9 Å². The number of hydrogen-bond acceptors (Lipinski definition) is 7. The molecule has 0 fully saturated rings. The molecule has 3 N–H and O–H groups in total. The predicted molar refractivity (Wildman–Crippen MR) is 179 cm³/mol. The minimum Gasteiger partial charge on any atom is -0.313 e. The Morgan fingerprint density at radius 2 is 1.50 bits per heavy atom. The minimum atomic E-state index is -3.85. The van der Waals surface area contributed by atoms with E-state index in [0.717, 1.165) is 29.1 Å². The maximum absolute atomic E-state index is 13.6. The summed E-state index contributed by atoms with van der Waals surface area (Å²) in [6.45, 7) is 7.24. The van der Waals surface area contributed by atoms with Gasteiger partial charge in [-0.05, 0) is 61.2 Å². The highest BCUT2D eigenvalue weighted by atomic mass is 32.2. The second-order valence-electron chi connectivity index (χ2n) is 11.4. The van der Waals surface area contributed by atoms with Gasteiger partial charge in [-0.15, -0.1) is 11.3 Å². The summed E-state index contributed by atoms with van der Waals surface area (Å²) >= 11 is 1.33. The number of carbonyl (C=O) groups excluding carboxylic acids is 3. The molecule has 0 saturated carbocycles. The number of anilines is 1. The molecule has 1 aliphatic heterocycles. The average Bonchev–Trinajstić information content (AvgIpc) is 3.40. The van der Waals surface area contributed by atoms with Gasteiger partial charge < -0.3 is 5.32 Å². The van der Waals surface area contributed by atoms with Crippen LogP contribution < -0.4 is 16.2 Å². The molecule has 3 aromatic carbocycles. The zero-order valence-corrected chi connectivity index (χ0v) is 27.6. The van der Waals surface area contributed by atoms with E-state index in [-0.39, 0.29) is 23.0 Å². The van der Waals surface area contributed by atoms with Crippen LogP contribution in [0.1, 0.15) is 63.1 Å². The molecule has 3 amide bonds. The number of rotatable bonds is 10. The van der Waals surface area contributed by atoms with Crippen molar-refractivity contribution in [2.75, 3.05) is 11.9 Å². The van der Waals surface area contributed by atoms with Crippen molar-refractivity contribution in [1.82, 2.24) is 20.1 Å². The lowest BCUT2D eigenvalue weighted by Gasteiger charge is -2.27. The summed E-state index contributed by atoms with van der Waals surface area (Å²) in [6, 6.07) is 25.0. The summed E-state index contributed by atoms with van der Waals surface area (Å²) in [7, 11) is -3.85. The Balaban J connectivity index is 1.36. The number of fused-ring (bicyclic) bond motifs is 1. The second kappa shape index (κ2) is 14.4. The summed E-state index contributed by atoms with van der Waals surface area (Å²) in [5, 5.41) is 3.24. The number of amides is 3. The number of benzene rings is 3. The van der Waals surface area contributed by atoms with E-state index in [0.29, 0.717) is 23.5 Å². The van der Waals surface area contributed by atoms with Crippen LogP contribution in [0.4, 0.5) is 5.00 Å². The van der Waals surface area contributed by atoms with Crippen LogP contribution in [-0.2, 0) is 40.9 Å². The predicted octanol–water partition coefficient (Wildman–Crippen LogP) is 4.94. The van der Waals surface area contributed by atoms with Crippen molar-refractivity contribution >= 4 is 44.1 Å². The summed E-state index contributed by atoms with van der Waals surface area (Å²) in [4.78, 5) is 41.5. The van der Waals surface area contributed by atoms with Gasteiger partial charge in [-0.2, -0.15) is 4.31 Å². The van der Waals surface area contributed by atoms with Crippen LogP contribution in [0.5, 0.6) is 0 Å². The van der Waals surface area contributed by atoms with E-state index in [4.69, 9.17) is 0 Å². The lowest BCUT2D eigenvalue weighted by molar-refractivity contribution is -0.119. The summed E-state index contributed by atoms with van der Waals surface area (Å²) in [5.74, 6) is -1.43. The Kier molecular flexibility index (Phi) is 10.3. The Bertz CT molecular complexity index is 1810. The third-order valence-electron chi connectivity index (χ3n) is 7.67. The average molecular weight is 660 g/mol. The van der Waals surface area contributed by atoms with Crippen LogP contribution in [0.25, 0.3) is 0 Å². The van der Waals surface area contributed by atoms with Crippen molar-refractivity contribution < 1.29 is 22.8 Å². The SMILES string of the molecule is CC(=O)NNC(=O)c1c(NC(=O)c2ccc(S(=O)(=O)N(Cc3ccccc3)C(C)C)cc2)sc2c1CCN(Cc1ccccc1)C2. The van der Waals surface area contributed by atoms with E-state index in [1.807, 2.05) is 62.4 Å².